The Morgan fingerprint density at radius 1 is 1.12 bits per heavy atom. The molecule has 0 saturated heterocycles. The highest BCUT2D eigenvalue weighted by Crippen LogP contribution is 2.17. The molecule has 17 heavy (non-hydrogen) atoms. The number of hydrogen-bond donors (Lipinski definition) is 3. The van der Waals surface area contributed by atoms with Gasteiger partial charge in [0.25, 0.3) is 10.6 Å². The van der Waals surface area contributed by atoms with Crippen molar-refractivity contribution in [1.29, 1.82) is 0 Å². The quantitative estimate of drug-likeness (QED) is 0.402. The second-order valence-corrected chi connectivity index (χ2v) is 3.39. The minimum absolute atomic E-state index is 0.163. The van der Waals surface area contributed by atoms with Crippen molar-refractivity contribution in [3.63, 3.8) is 0 Å². The van der Waals surface area contributed by atoms with Gasteiger partial charge >= 0.3 is 16.1 Å². The number of rotatable bonds is 2. The predicted octanol–water partition coefficient (Wildman–Crippen LogP) is 0.742. The van der Waals surface area contributed by atoms with Crippen LogP contribution in [0.3, 0.4) is 0 Å². The van der Waals surface area contributed by atoms with E-state index in [0.29, 0.717) is 0 Å². The zero-order valence-corrected chi connectivity index (χ0v) is 8.81. The van der Waals surface area contributed by atoms with Gasteiger partial charge in [-0.15, -0.1) is 0 Å². The SMILES string of the molecule is O=S(=O)(O)O.O=[N+]([O-])c1cccc([N+](=O)O)c1. The Labute approximate surface area is 94.4 Å². The second kappa shape index (κ2) is 5.83. The van der Waals surface area contributed by atoms with Gasteiger partial charge in [-0.1, -0.05) is 0 Å². The van der Waals surface area contributed by atoms with Gasteiger partial charge in [-0.2, -0.15) is 8.42 Å². The van der Waals surface area contributed by atoms with E-state index in [1.54, 1.807) is 0 Å². The summed E-state index contributed by atoms with van der Waals surface area (Å²) in [7, 11) is -4.67. The summed E-state index contributed by atoms with van der Waals surface area (Å²) in [5.41, 5.74) is -0.397. The number of hydrogen-bond acceptors (Lipinski definition) is 5. The van der Waals surface area contributed by atoms with E-state index in [0.717, 1.165) is 6.07 Å². The molecule has 0 atom stereocenters. The van der Waals surface area contributed by atoms with Gasteiger partial charge < -0.3 is 0 Å². The minimum atomic E-state index is -4.67. The zero-order chi connectivity index (χ0) is 13.6. The molecular weight excluding hydrogens is 260 g/mol. The molecule has 0 aliphatic rings. The van der Waals surface area contributed by atoms with Crippen LogP contribution in [0.2, 0.25) is 0 Å². The molecule has 1 aromatic rings. The highest BCUT2D eigenvalue weighted by molar-refractivity contribution is 7.79. The van der Waals surface area contributed by atoms with E-state index in [1.165, 1.54) is 18.2 Å². The molecule has 0 unspecified atom stereocenters. The van der Waals surface area contributed by atoms with E-state index in [1.807, 2.05) is 0 Å². The standard InChI is InChI=1S/C6H5N2O4.H2O4S/c9-7(10)5-2-1-3-6(4-5)8(11)12;1-5(2,3)4/h1-4H,(H,9,10);(H2,1,2,3,4)/q+1;. The van der Waals surface area contributed by atoms with Crippen LogP contribution >= 0.6 is 0 Å². The topological polar surface area (TPSA) is 158 Å². The van der Waals surface area contributed by atoms with Crippen LogP contribution in [0.15, 0.2) is 24.3 Å². The zero-order valence-electron chi connectivity index (χ0n) is 7.99. The normalized spacial score (nSPS) is 10.0. The van der Waals surface area contributed by atoms with Crippen molar-refractivity contribution in [3.05, 3.63) is 39.3 Å². The monoisotopic (exact) mass is 267 g/mol. The van der Waals surface area contributed by atoms with Gasteiger partial charge in [0.05, 0.1) is 15.9 Å². The third kappa shape index (κ3) is 7.78. The Morgan fingerprint density at radius 3 is 1.88 bits per heavy atom. The fourth-order valence-corrected chi connectivity index (χ4v) is 0.726. The van der Waals surface area contributed by atoms with Crippen LogP contribution in [-0.4, -0.2) is 32.6 Å². The van der Waals surface area contributed by atoms with Crippen molar-refractivity contribution in [2.24, 2.45) is 0 Å². The number of benzene rings is 1. The van der Waals surface area contributed by atoms with Gasteiger partial charge in [0.1, 0.15) is 0 Å². The van der Waals surface area contributed by atoms with Crippen LogP contribution in [0.4, 0.5) is 11.4 Å². The van der Waals surface area contributed by atoms with Crippen molar-refractivity contribution in [2.45, 2.75) is 0 Å². The number of non-ortho nitro benzene ring substituents is 1. The number of nitro benzene ring substituents is 1. The fourth-order valence-electron chi connectivity index (χ4n) is 0.726. The molecule has 0 heterocycles. The lowest BCUT2D eigenvalue weighted by Gasteiger charge is -1.87. The molecule has 1 aromatic carbocycles. The average Bonchev–Trinajstić information content (AvgIpc) is 2.15. The molecule has 0 amide bonds. The van der Waals surface area contributed by atoms with Crippen LogP contribution in [-0.2, 0) is 10.4 Å². The van der Waals surface area contributed by atoms with Crippen molar-refractivity contribution in [2.75, 3.05) is 0 Å². The Morgan fingerprint density at radius 2 is 1.53 bits per heavy atom. The van der Waals surface area contributed by atoms with Gasteiger partial charge in [-0.05, 0) is 6.07 Å². The van der Waals surface area contributed by atoms with E-state index in [9.17, 15) is 15.0 Å². The lowest BCUT2D eigenvalue weighted by atomic mass is 10.3. The molecule has 0 radical (unpaired) electrons. The Kier molecular flexibility index (Phi) is 5.11. The maximum Gasteiger partial charge on any atom is 0.394 e. The Bertz CT molecular complexity index is 487. The average molecular weight is 267 g/mol. The Balaban J connectivity index is 0.000000437. The maximum atomic E-state index is 10.3. The summed E-state index contributed by atoms with van der Waals surface area (Å²) in [6, 6.07) is 4.79. The summed E-state index contributed by atoms with van der Waals surface area (Å²) >= 11 is 0. The molecular formula is C6H7N2O8S+. The molecule has 0 aliphatic heterocycles. The van der Waals surface area contributed by atoms with Crippen molar-refractivity contribution in [3.8, 4) is 0 Å². The summed E-state index contributed by atoms with van der Waals surface area (Å²) in [4.78, 5) is 19.4. The van der Waals surface area contributed by atoms with E-state index in [4.69, 9.17) is 22.7 Å². The first-order valence-electron chi connectivity index (χ1n) is 3.71. The van der Waals surface area contributed by atoms with Crippen molar-refractivity contribution in [1.82, 2.24) is 0 Å². The predicted molar refractivity (Wildman–Crippen MR) is 52.3 cm³/mol. The van der Waals surface area contributed by atoms with E-state index in [2.05, 4.69) is 0 Å². The molecule has 0 spiro atoms. The van der Waals surface area contributed by atoms with Crippen LogP contribution in [0.5, 0.6) is 0 Å². The molecule has 0 aromatic heterocycles. The van der Waals surface area contributed by atoms with Gasteiger partial charge in [0.2, 0.25) is 0 Å². The van der Waals surface area contributed by atoms with E-state index in [-0.39, 0.29) is 11.4 Å². The lowest BCUT2D eigenvalue weighted by Crippen LogP contribution is -1.93. The van der Waals surface area contributed by atoms with Gasteiger partial charge in [0.15, 0.2) is 0 Å². The molecule has 3 N–H and O–H groups in total. The third-order valence-corrected chi connectivity index (χ3v) is 1.26. The molecule has 0 bridgehead atoms. The number of nitro groups is 1. The first-order chi connectivity index (χ1) is 7.61. The molecule has 0 aliphatic carbocycles. The highest BCUT2D eigenvalue weighted by Gasteiger charge is 2.15. The van der Waals surface area contributed by atoms with Crippen molar-refractivity contribution >= 4 is 21.8 Å². The largest absolute Gasteiger partial charge is 0.394 e. The summed E-state index contributed by atoms with van der Waals surface area (Å²) in [6.07, 6.45) is 0. The van der Waals surface area contributed by atoms with Crippen LogP contribution in [0, 0.1) is 15.0 Å². The first-order valence-corrected chi connectivity index (χ1v) is 5.11. The molecule has 1 rings (SSSR count). The van der Waals surface area contributed by atoms with Crippen LogP contribution < -0.4 is 0 Å². The molecule has 0 fully saturated rings. The Hall–Kier alpha value is -2.11. The van der Waals surface area contributed by atoms with Crippen molar-refractivity contribution < 1.29 is 32.6 Å². The van der Waals surface area contributed by atoms with Gasteiger partial charge in [0, 0.05) is 12.1 Å². The van der Waals surface area contributed by atoms with E-state index >= 15 is 0 Å². The minimum Gasteiger partial charge on any atom is -0.264 e. The van der Waals surface area contributed by atoms with Crippen LogP contribution in [0.25, 0.3) is 0 Å². The summed E-state index contributed by atoms with van der Waals surface area (Å²) in [6.45, 7) is 0. The number of nitrogens with zero attached hydrogens (tertiary/aromatic N) is 2. The molecule has 94 valence electrons. The fraction of sp³-hybridized carbons (Fsp3) is 0. The van der Waals surface area contributed by atoms with E-state index < -0.39 is 20.2 Å². The lowest BCUT2D eigenvalue weighted by molar-refractivity contribution is -0.729. The summed E-state index contributed by atoms with van der Waals surface area (Å²) in [5.74, 6) is 0. The van der Waals surface area contributed by atoms with Crippen LogP contribution in [0.1, 0.15) is 0 Å². The second-order valence-electron chi connectivity index (χ2n) is 2.50. The summed E-state index contributed by atoms with van der Waals surface area (Å²) < 4.78 is 31.6. The first kappa shape index (κ1) is 14.9. The smallest absolute Gasteiger partial charge is 0.264 e. The van der Waals surface area contributed by atoms with Gasteiger partial charge in [-0.25, -0.2) is 5.21 Å². The van der Waals surface area contributed by atoms with Gasteiger partial charge in [-0.3, -0.25) is 19.2 Å². The summed E-state index contributed by atoms with van der Waals surface area (Å²) in [5, 5.41) is 18.6. The molecule has 0 saturated carbocycles. The molecule has 11 heteroatoms. The third-order valence-electron chi connectivity index (χ3n) is 1.26. The highest BCUT2D eigenvalue weighted by atomic mass is 32.3. The maximum absolute atomic E-state index is 10.3. The molecule has 10 nitrogen and oxygen atoms in total.